The molecule has 3 heterocycles. The van der Waals surface area contributed by atoms with Crippen molar-refractivity contribution < 1.29 is 34.3 Å². The molecule has 0 amide bonds. The molecule has 7 fully saturated rings. The van der Waals surface area contributed by atoms with Crippen molar-refractivity contribution in [3.8, 4) is 0 Å². The Morgan fingerprint density at radius 1 is 1.07 bits per heavy atom. The number of Topliss-reactive ketones (excluding diaryl/α,β-unsaturated/α-hetero) is 1. The molecule has 30 heavy (non-hydrogen) atoms. The highest BCUT2D eigenvalue weighted by molar-refractivity contribution is 6.05. The third-order valence-electron chi connectivity index (χ3n) is 9.67. The SMILES string of the molecule is C=C1C(=O)C23C(O)C1CC1OC(C)(C)OC4CCC(C)(C)C5C(O)C2(O)OCC45C13. The van der Waals surface area contributed by atoms with Gasteiger partial charge in [-0.25, -0.2) is 0 Å². The second kappa shape index (κ2) is 5.21. The number of carbonyl (C=O) groups excluding carboxylic acids is 1. The predicted molar refractivity (Wildman–Crippen MR) is 104 cm³/mol. The molecule has 4 bridgehead atoms. The maximum atomic E-state index is 13.8. The standard InChI is InChI=1S/C23H32O7/c1-10-11-8-12-14-21-9-28-23(27,22(14,16(10)24)17(11)25)18(26)15(21)19(2,3)7-6-13(21)30-20(4,5)29-12/h11-15,17-18,25-27H,1,6-9H2,2-5H3. The van der Waals surface area contributed by atoms with E-state index in [1.807, 2.05) is 13.8 Å². The Balaban J connectivity index is 1.70. The Hall–Kier alpha value is -0.830. The normalized spacial score (nSPS) is 59.6. The summed E-state index contributed by atoms with van der Waals surface area (Å²) in [5.74, 6) is -4.89. The van der Waals surface area contributed by atoms with E-state index in [0.29, 0.717) is 12.0 Å². The number of aliphatic hydroxyl groups excluding tert-OH is 2. The molecule has 7 heteroatoms. The summed E-state index contributed by atoms with van der Waals surface area (Å²) in [6.07, 6.45) is -1.25. The molecule has 3 aliphatic heterocycles. The van der Waals surface area contributed by atoms with Crippen LogP contribution in [0.3, 0.4) is 0 Å². The van der Waals surface area contributed by atoms with Gasteiger partial charge in [0.2, 0.25) is 5.79 Å². The second-order valence-corrected chi connectivity index (χ2v) is 11.7. The molecule has 4 aliphatic carbocycles. The van der Waals surface area contributed by atoms with Crippen molar-refractivity contribution in [1.29, 1.82) is 0 Å². The van der Waals surface area contributed by atoms with Crippen LogP contribution in [0.25, 0.3) is 0 Å². The summed E-state index contributed by atoms with van der Waals surface area (Å²) >= 11 is 0. The third-order valence-corrected chi connectivity index (χ3v) is 9.67. The molecule has 2 spiro atoms. The van der Waals surface area contributed by atoms with Crippen molar-refractivity contribution in [1.82, 2.24) is 0 Å². The number of fused-ring (bicyclic) bond motifs is 2. The summed E-state index contributed by atoms with van der Waals surface area (Å²) in [7, 11) is 0. The molecule has 7 nitrogen and oxygen atoms in total. The first-order valence-corrected chi connectivity index (χ1v) is 11.2. The Morgan fingerprint density at radius 3 is 2.47 bits per heavy atom. The first-order chi connectivity index (χ1) is 13.8. The fraction of sp³-hybridized carbons (Fsp3) is 0.870. The van der Waals surface area contributed by atoms with Gasteiger partial charge in [0.1, 0.15) is 11.5 Å². The van der Waals surface area contributed by atoms with Crippen LogP contribution in [-0.4, -0.2) is 63.7 Å². The zero-order valence-corrected chi connectivity index (χ0v) is 18.1. The Labute approximate surface area is 176 Å². The molecule has 0 aromatic rings. The topological polar surface area (TPSA) is 105 Å². The van der Waals surface area contributed by atoms with Gasteiger partial charge in [0.05, 0.1) is 24.9 Å². The molecule has 166 valence electrons. The quantitative estimate of drug-likeness (QED) is 0.505. The van der Waals surface area contributed by atoms with Crippen LogP contribution >= 0.6 is 0 Å². The summed E-state index contributed by atoms with van der Waals surface area (Å²) in [4.78, 5) is 13.8. The number of hydrogen-bond donors (Lipinski definition) is 3. The monoisotopic (exact) mass is 420 g/mol. The molecule has 3 N–H and O–H groups in total. The van der Waals surface area contributed by atoms with Crippen LogP contribution < -0.4 is 0 Å². The lowest BCUT2D eigenvalue weighted by Crippen LogP contribution is -2.87. The van der Waals surface area contributed by atoms with E-state index in [4.69, 9.17) is 14.2 Å². The lowest BCUT2D eigenvalue weighted by atomic mass is 9.35. The number of ketones is 1. The highest BCUT2D eigenvalue weighted by Crippen LogP contribution is 2.77. The second-order valence-electron chi connectivity index (χ2n) is 11.7. The van der Waals surface area contributed by atoms with E-state index >= 15 is 0 Å². The molecule has 0 radical (unpaired) electrons. The van der Waals surface area contributed by atoms with Gasteiger partial charge in [0.15, 0.2) is 11.6 Å². The average molecular weight is 421 g/mol. The van der Waals surface area contributed by atoms with Crippen molar-refractivity contribution in [2.24, 2.45) is 34.0 Å². The van der Waals surface area contributed by atoms with E-state index in [1.54, 1.807) is 0 Å². The van der Waals surface area contributed by atoms with Crippen LogP contribution in [0.4, 0.5) is 0 Å². The summed E-state index contributed by atoms with van der Waals surface area (Å²) < 4.78 is 19.1. The van der Waals surface area contributed by atoms with E-state index in [1.165, 1.54) is 0 Å². The Morgan fingerprint density at radius 2 is 1.77 bits per heavy atom. The smallest absolute Gasteiger partial charge is 0.208 e. The first-order valence-electron chi connectivity index (χ1n) is 11.2. The van der Waals surface area contributed by atoms with Crippen molar-refractivity contribution in [3.63, 3.8) is 0 Å². The number of ether oxygens (including phenoxy) is 3. The van der Waals surface area contributed by atoms with Gasteiger partial charge >= 0.3 is 0 Å². The van der Waals surface area contributed by atoms with Gasteiger partial charge in [0.25, 0.3) is 0 Å². The van der Waals surface area contributed by atoms with Crippen LogP contribution in [0.5, 0.6) is 0 Å². The van der Waals surface area contributed by atoms with Crippen LogP contribution in [-0.2, 0) is 19.0 Å². The van der Waals surface area contributed by atoms with E-state index in [0.717, 1.165) is 12.8 Å². The Bertz CT molecular complexity index is 866. The minimum atomic E-state index is -2.19. The molecule has 0 aromatic heterocycles. The maximum Gasteiger partial charge on any atom is 0.208 e. The van der Waals surface area contributed by atoms with Crippen molar-refractivity contribution in [2.45, 2.75) is 82.9 Å². The van der Waals surface area contributed by atoms with Crippen LogP contribution in [0.15, 0.2) is 12.2 Å². The van der Waals surface area contributed by atoms with Crippen LogP contribution in [0.2, 0.25) is 0 Å². The predicted octanol–water partition coefficient (Wildman–Crippen LogP) is 1.14. The van der Waals surface area contributed by atoms with Gasteiger partial charge < -0.3 is 29.5 Å². The van der Waals surface area contributed by atoms with Crippen LogP contribution in [0.1, 0.15) is 47.0 Å². The summed E-state index contributed by atoms with van der Waals surface area (Å²) in [5, 5.41) is 35.1. The van der Waals surface area contributed by atoms with E-state index in [9.17, 15) is 20.1 Å². The lowest BCUT2D eigenvalue weighted by Gasteiger charge is -2.75. The number of hydrogen-bond acceptors (Lipinski definition) is 7. The molecule has 4 saturated carbocycles. The van der Waals surface area contributed by atoms with Gasteiger partial charge in [-0.1, -0.05) is 20.4 Å². The van der Waals surface area contributed by atoms with Crippen molar-refractivity contribution in [2.75, 3.05) is 6.61 Å². The van der Waals surface area contributed by atoms with Gasteiger partial charge in [-0.15, -0.1) is 0 Å². The first kappa shape index (κ1) is 19.8. The van der Waals surface area contributed by atoms with Gasteiger partial charge in [-0.2, -0.15) is 0 Å². The molecular formula is C23H32O7. The number of rotatable bonds is 0. The fourth-order valence-electron chi connectivity index (χ4n) is 8.89. The summed E-state index contributed by atoms with van der Waals surface area (Å²) in [6.45, 7) is 12.1. The van der Waals surface area contributed by atoms with E-state index < -0.39 is 58.3 Å². The molecule has 3 saturated heterocycles. The number of aliphatic hydroxyl groups is 3. The van der Waals surface area contributed by atoms with E-state index in [-0.39, 0.29) is 24.0 Å². The van der Waals surface area contributed by atoms with Gasteiger partial charge in [-0.05, 0) is 44.1 Å². The van der Waals surface area contributed by atoms with Crippen molar-refractivity contribution >= 4 is 5.78 Å². The molecule has 7 aliphatic rings. The highest BCUT2D eigenvalue weighted by Gasteiger charge is 2.89. The third kappa shape index (κ3) is 1.75. The molecule has 0 aromatic carbocycles. The molecule has 10 unspecified atom stereocenters. The average Bonchev–Trinajstić information content (AvgIpc) is 2.74. The van der Waals surface area contributed by atoms with E-state index in [2.05, 4.69) is 20.4 Å². The van der Waals surface area contributed by atoms with Crippen molar-refractivity contribution in [3.05, 3.63) is 12.2 Å². The maximum absolute atomic E-state index is 13.8. The lowest BCUT2D eigenvalue weighted by molar-refractivity contribution is -0.460. The van der Waals surface area contributed by atoms with Gasteiger partial charge in [-0.3, -0.25) is 4.79 Å². The van der Waals surface area contributed by atoms with Gasteiger partial charge in [0, 0.05) is 23.2 Å². The van der Waals surface area contributed by atoms with Crippen LogP contribution in [0, 0.1) is 34.0 Å². The molecular weight excluding hydrogens is 388 g/mol. The highest BCUT2D eigenvalue weighted by atomic mass is 16.7. The summed E-state index contributed by atoms with van der Waals surface area (Å²) in [6, 6.07) is 0. The fourth-order valence-corrected chi connectivity index (χ4v) is 8.89. The minimum Gasteiger partial charge on any atom is -0.391 e. The zero-order chi connectivity index (χ0) is 21.6. The zero-order valence-electron chi connectivity index (χ0n) is 18.1. The Kier molecular flexibility index (Phi) is 3.44. The summed E-state index contributed by atoms with van der Waals surface area (Å²) in [5.41, 5.74) is -2.45. The minimum absolute atomic E-state index is 0.165. The molecule has 7 rings (SSSR count). The molecule has 10 atom stereocenters. The number of carbonyl (C=O) groups is 1. The largest absolute Gasteiger partial charge is 0.391 e.